The smallest absolute Gasteiger partial charge is 0.223 e. The van der Waals surface area contributed by atoms with Gasteiger partial charge in [0.1, 0.15) is 0 Å². The van der Waals surface area contributed by atoms with E-state index in [1.165, 1.54) is 0 Å². The minimum absolute atomic E-state index is 0.0119. The van der Waals surface area contributed by atoms with Gasteiger partial charge in [-0.05, 0) is 33.1 Å². The molecule has 2 atom stereocenters. The molecule has 1 aromatic heterocycles. The number of amides is 1. The standard InChI is InChI=1S/C15H26N4O/c1-4-8-18-14(20)7-5-6-12(16)15(18)13-9-17-10-19(13)11(2)3/h9-12,15H,4-8,16H2,1-3H3. The summed E-state index contributed by atoms with van der Waals surface area (Å²) in [4.78, 5) is 18.6. The van der Waals surface area contributed by atoms with E-state index in [9.17, 15) is 4.79 Å². The van der Waals surface area contributed by atoms with E-state index < -0.39 is 0 Å². The third-order valence-corrected chi connectivity index (χ3v) is 4.01. The first kappa shape index (κ1) is 15.0. The number of aromatic nitrogens is 2. The average molecular weight is 278 g/mol. The zero-order valence-corrected chi connectivity index (χ0v) is 12.7. The van der Waals surface area contributed by atoms with Gasteiger partial charge in [-0.15, -0.1) is 0 Å². The van der Waals surface area contributed by atoms with Crippen molar-refractivity contribution in [1.82, 2.24) is 14.5 Å². The summed E-state index contributed by atoms with van der Waals surface area (Å²) in [5, 5.41) is 0. The minimum Gasteiger partial charge on any atom is -0.333 e. The third kappa shape index (κ3) is 2.87. The van der Waals surface area contributed by atoms with Gasteiger partial charge >= 0.3 is 0 Å². The Morgan fingerprint density at radius 2 is 2.25 bits per heavy atom. The maximum Gasteiger partial charge on any atom is 0.223 e. The number of carbonyl (C=O) groups excluding carboxylic acids is 1. The molecule has 0 bridgehead atoms. The van der Waals surface area contributed by atoms with Gasteiger partial charge in [0.2, 0.25) is 5.91 Å². The van der Waals surface area contributed by atoms with Crippen LogP contribution in [0.15, 0.2) is 12.5 Å². The molecule has 2 heterocycles. The fourth-order valence-corrected chi connectivity index (χ4v) is 3.04. The largest absolute Gasteiger partial charge is 0.333 e. The normalized spacial score (nSPS) is 24.2. The van der Waals surface area contributed by atoms with Crippen LogP contribution in [-0.4, -0.2) is 32.9 Å². The van der Waals surface area contributed by atoms with Crippen molar-refractivity contribution in [2.24, 2.45) is 5.73 Å². The van der Waals surface area contributed by atoms with Crippen LogP contribution in [-0.2, 0) is 4.79 Å². The number of hydrogen-bond acceptors (Lipinski definition) is 3. The molecule has 20 heavy (non-hydrogen) atoms. The SMILES string of the molecule is CCCN1C(=O)CCCC(N)C1c1cncn1C(C)C. The molecule has 1 aliphatic heterocycles. The molecule has 2 rings (SSSR count). The predicted octanol–water partition coefficient (Wildman–Crippen LogP) is 2.25. The van der Waals surface area contributed by atoms with E-state index in [0.717, 1.165) is 31.5 Å². The van der Waals surface area contributed by atoms with Crippen molar-refractivity contribution in [3.8, 4) is 0 Å². The highest BCUT2D eigenvalue weighted by Crippen LogP contribution is 2.31. The molecular weight excluding hydrogens is 252 g/mol. The van der Waals surface area contributed by atoms with Crippen LogP contribution < -0.4 is 5.73 Å². The second-order valence-corrected chi connectivity index (χ2v) is 5.91. The van der Waals surface area contributed by atoms with Gasteiger partial charge in [-0.2, -0.15) is 0 Å². The van der Waals surface area contributed by atoms with Gasteiger partial charge in [0.05, 0.1) is 24.3 Å². The van der Waals surface area contributed by atoms with Crippen LogP contribution in [0.2, 0.25) is 0 Å². The van der Waals surface area contributed by atoms with E-state index in [0.29, 0.717) is 12.5 Å². The van der Waals surface area contributed by atoms with Crippen molar-refractivity contribution in [1.29, 1.82) is 0 Å². The summed E-state index contributed by atoms with van der Waals surface area (Å²) in [6, 6.07) is 0.263. The molecular formula is C15H26N4O. The van der Waals surface area contributed by atoms with Gasteiger partial charge in [0.25, 0.3) is 0 Å². The number of imidazole rings is 1. The second kappa shape index (κ2) is 6.39. The Labute approximate surface area is 121 Å². The van der Waals surface area contributed by atoms with E-state index in [2.05, 4.69) is 30.3 Å². The molecule has 0 aliphatic carbocycles. The van der Waals surface area contributed by atoms with Crippen LogP contribution in [0.4, 0.5) is 0 Å². The maximum absolute atomic E-state index is 12.4. The number of nitrogens with zero attached hydrogens (tertiary/aromatic N) is 3. The first-order chi connectivity index (χ1) is 9.56. The summed E-state index contributed by atoms with van der Waals surface area (Å²) in [6.07, 6.45) is 7.04. The van der Waals surface area contributed by atoms with Crippen LogP contribution in [0.3, 0.4) is 0 Å². The molecule has 5 heteroatoms. The highest BCUT2D eigenvalue weighted by atomic mass is 16.2. The van der Waals surface area contributed by atoms with Crippen molar-refractivity contribution < 1.29 is 4.79 Å². The minimum atomic E-state index is -0.0464. The van der Waals surface area contributed by atoms with Crippen molar-refractivity contribution in [2.45, 2.75) is 64.6 Å². The number of nitrogens with two attached hydrogens (primary N) is 1. The Hall–Kier alpha value is -1.36. The van der Waals surface area contributed by atoms with Gasteiger partial charge in [-0.25, -0.2) is 4.98 Å². The number of hydrogen-bond donors (Lipinski definition) is 1. The molecule has 0 saturated carbocycles. The Morgan fingerprint density at radius 1 is 1.50 bits per heavy atom. The lowest BCUT2D eigenvalue weighted by Gasteiger charge is -2.34. The lowest BCUT2D eigenvalue weighted by Crippen LogP contribution is -2.43. The van der Waals surface area contributed by atoms with E-state index >= 15 is 0 Å². The molecule has 112 valence electrons. The number of carbonyl (C=O) groups is 1. The Balaban J connectivity index is 2.40. The highest BCUT2D eigenvalue weighted by Gasteiger charge is 2.34. The van der Waals surface area contributed by atoms with Crippen molar-refractivity contribution in [2.75, 3.05) is 6.54 Å². The molecule has 2 N–H and O–H groups in total. The van der Waals surface area contributed by atoms with Crippen molar-refractivity contribution >= 4 is 5.91 Å². The van der Waals surface area contributed by atoms with Crippen LogP contribution in [0.5, 0.6) is 0 Å². The summed E-state index contributed by atoms with van der Waals surface area (Å²) in [5.74, 6) is 0.223. The Kier molecular flexibility index (Phi) is 4.81. The Morgan fingerprint density at radius 3 is 2.90 bits per heavy atom. The van der Waals surface area contributed by atoms with Gasteiger partial charge < -0.3 is 15.2 Å². The predicted molar refractivity (Wildman–Crippen MR) is 79.2 cm³/mol. The van der Waals surface area contributed by atoms with E-state index in [4.69, 9.17) is 5.73 Å². The molecule has 0 spiro atoms. The van der Waals surface area contributed by atoms with E-state index in [1.807, 2.05) is 17.4 Å². The molecule has 0 radical (unpaired) electrons. The molecule has 1 aliphatic rings. The first-order valence-corrected chi connectivity index (χ1v) is 7.63. The van der Waals surface area contributed by atoms with Gasteiger partial charge in [0, 0.05) is 25.0 Å². The molecule has 1 fully saturated rings. The van der Waals surface area contributed by atoms with Crippen LogP contribution >= 0.6 is 0 Å². The Bertz CT molecular complexity index is 454. The van der Waals surface area contributed by atoms with E-state index in [1.54, 1.807) is 0 Å². The van der Waals surface area contributed by atoms with Gasteiger partial charge in [0.15, 0.2) is 0 Å². The third-order valence-electron chi connectivity index (χ3n) is 4.01. The lowest BCUT2D eigenvalue weighted by molar-refractivity contribution is -0.133. The second-order valence-electron chi connectivity index (χ2n) is 5.91. The summed E-state index contributed by atoms with van der Waals surface area (Å²) in [6.45, 7) is 7.11. The van der Waals surface area contributed by atoms with Crippen LogP contribution in [0.25, 0.3) is 0 Å². The summed E-state index contributed by atoms with van der Waals surface area (Å²) >= 11 is 0. The van der Waals surface area contributed by atoms with Crippen LogP contribution in [0, 0.1) is 0 Å². The van der Waals surface area contributed by atoms with Crippen LogP contribution in [0.1, 0.15) is 64.2 Å². The molecule has 0 aromatic carbocycles. The number of likely N-dealkylation sites (tertiary alicyclic amines) is 1. The van der Waals surface area contributed by atoms with Crippen molar-refractivity contribution in [3.63, 3.8) is 0 Å². The topological polar surface area (TPSA) is 64.2 Å². The first-order valence-electron chi connectivity index (χ1n) is 7.63. The summed E-state index contributed by atoms with van der Waals surface area (Å²) < 4.78 is 2.13. The molecule has 1 amide bonds. The molecule has 1 saturated heterocycles. The molecule has 2 unspecified atom stereocenters. The van der Waals surface area contributed by atoms with Gasteiger partial charge in [-0.3, -0.25) is 4.79 Å². The highest BCUT2D eigenvalue weighted by molar-refractivity contribution is 5.77. The zero-order valence-electron chi connectivity index (χ0n) is 12.7. The van der Waals surface area contributed by atoms with Crippen molar-refractivity contribution in [3.05, 3.63) is 18.2 Å². The maximum atomic E-state index is 12.4. The molecule has 1 aromatic rings. The quantitative estimate of drug-likeness (QED) is 0.918. The monoisotopic (exact) mass is 278 g/mol. The summed E-state index contributed by atoms with van der Waals surface area (Å²) in [7, 11) is 0. The molecule has 5 nitrogen and oxygen atoms in total. The van der Waals surface area contributed by atoms with Gasteiger partial charge in [-0.1, -0.05) is 6.92 Å². The number of rotatable bonds is 4. The van der Waals surface area contributed by atoms with E-state index in [-0.39, 0.29) is 18.0 Å². The summed E-state index contributed by atoms with van der Waals surface area (Å²) in [5.41, 5.74) is 7.45. The average Bonchev–Trinajstić information content (AvgIpc) is 2.82. The zero-order chi connectivity index (χ0) is 14.7. The lowest BCUT2D eigenvalue weighted by atomic mass is 10.0. The fraction of sp³-hybridized carbons (Fsp3) is 0.733. The fourth-order valence-electron chi connectivity index (χ4n) is 3.04.